The predicted octanol–water partition coefficient (Wildman–Crippen LogP) is 6.40. The van der Waals surface area contributed by atoms with E-state index in [-0.39, 0.29) is 10.8 Å². The van der Waals surface area contributed by atoms with E-state index >= 15 is 0 Å². The van der Waals surface area contributed by atoms with Crippen molar-refractivity contribution in [3.05, 3.63) is 35.4 Å². The molecule has 0 radical (unpaired) electrons. The predicted molar refractivity (Wildman–Crippen MR) is 119 cm³/mol. The Morgan fingerprint density at radius 3 is 1.33 bits per heavy atom. The van der Waals surface area contributed by atoms with Gasteiger partial charge in [-0.2, -0.15) is 0 Å². The number of aryl methyl sites for hydroxylation is 2. The molecule has 1 aromatic rings. The van der Waals surface area contributed by atoms with Crippen LogP contribution in [0.4, 0.5) is 0 Å². The number of carboxylic acids is 2. The van der Waals surface area contributed by atoms with E-state index in [1.54, 1.807) is 0 Å². The van der Waals surface area contributed by atoms with Gasteiger partial charge in [0, 0.05) is 0 Å². The average molecular weight is 415 g/mol. The van der Waals surface area contributed by atoms with Crippen molar-refractivity contribution in [3.8, 4) is 0 Å². The summed E-state index contributed by atoms with van der Waals surface area (Å²) in [5, 5.41) is 18.5. The molecule has 0 aliphatic heterocycles. The molecule has 0 bridgehead atoms. The molecule has 0 saturated heterocycles. The van der Waals surface area contributed by atoms with Gasteiger partial charge in [-0.1, -0.05) is 62.8 Å². The molecule has 2 aliphatic carbocycles. The fourth-order valence-corrected chi connectivity index (χ4v) is 4.75. The third kappa shape index (κ3) is 6.33. The topological polar surface area (TPSA) is 74.6 Å². The number of aliphatic carboxylic acids is 2. The normalized spacial score (nSPS) is 18.1. The lowest BCUT2D eigenvalue weighted by Gasteiger charge is -2.11. The summed E-state index contributed by atoms with van der Waals surface area (Å²) in [5.41, 5.74) is 2.20. The van der Waals surface area contributed by atoms with Gasteiger partial charge in [-0.3, -0.25) is 9.59 Å². The number of hydrogen-bond acceptors (Lipinski definition) is 2. The van der Waals surface area contributed by atoms with Crippen LogP contribution in [0.5, 0.6) is 0 Å². The van der Waals surface area contributed by atoms with Gasteiger partial charge in [0.2, 0.25) is 0 Å². The maximum atomic E-state index is 11.2. The molecule has 4 heteroatoms. The highest BCUT2D eigenvalue weighted by molar-refractivity contribution is 5.78. The summed E-state index contributed by atoms with van der Waals surface area (Å²) >= 11 is 0. The molecule has 1 aromatic carbocycles. The zero-order chi connectivity index (χ0) is 21.5. The Bertz CT molecular complexity index is 654. The Kier molecular flexibility index (Phi) is 7.96. The van der Waals surface area contributed by atoms with Crippen molar-refractivity contribution >= 4 is 11.9 Å². The van der Waals surface area contributed by atoms with Crippen molar-refractivity contribution in [1.82, 2.24) is 0 Å². The van der Waals surface area contributed by atoms with E-state index in [4.69, 9.17) is 0 Å². The van der Waals surface area contributed by atoms with Crippen molar-refractivity contribution in [2.75, 3.05) is 0 Å². The quantitative estimate of drug-likeness (QED) is 0.307. The van der Waals surface area contributed by atoms with Crippen LogP contribution >= 0.6 is 0 Å². The van der Waals surface area contributed by atoms with Crippen molar-refractivity contribution < 1.29 is 19.8 Å². The van der Waals surface area contributed by atoms with Crippen LogP contribution in [-0.4, -0.2) is 22.2 Å². The zero-order valence-corrected chi connectivity index (χ0v) is 18.3. The smallest absolute Gasteiger partial charge is 0.309 e. The van der Waals surface area contributed by atoms with Crippen LogP contribution in [0, 0.1) is 10.8 Å². The first-order valence-electron chi connectivity index (χ1n) is 12.0. The van der Waals surface area contributed by atoms with Crippen LogP contribution in [0.3, 0.4) is 0 Å². The van der Waals surface area contributed by atoms with Gasteiger partial charge in [-0.05, 0) is 75.3 Å². The first kappa shape index (κ1) is 22.8. The van der Waals surface area contributed by atoms with Gasteiger partial charge in [-0.15, -0.1) is 0 Å². The number of carboxylic acid groups (broad SMARTS) is 2. The van der Waals surface area contributed by atoms with Gasteiger partial charge in [0.1, 0.15) is 0 Å². The molecule has 2 saturated carbocycles. The number of benzene rings is 1. The zero-order valence-electron chi connectivity index (χ0n) is 18.3. The van der Waals surface area contributed by atoms with E-state index in [9.17, 15) is 19.8 Å². The Hall–Kier alpha value is -1.84. The van der Waals surface area contributed by atoms with Gasteiger partial charge >= 0.3 is 11.9 Å². The summed E-state index contributed by atoms with van der Waals surface area (Å²) in [4.78, 5) is 22.4. The second kappa shape index (κ2) is 10.5. The molecule has 4 nitrogen and oxygen atoms in total. The summed E-state index contributed by atoms with van der Waals surface area (Å²) < 4.78 is 0. The van der Waals surface area contributed by atoms with Gasteiger partial charge in [0.25, 0.3) is 0 Å². The summed E-state index contributed by atoms with van der Waals surface area (Å²) in [6, 6.07) is 8.76. The molecule has 0 amide bonds. The number of rotatable bonds is 16. The molecule has 166 valence electrons. The van der Waals surface area contributed by atoms with Crippen molar-refractivity contribution in [2.24, 2.45) is 10.8 Å². The van der Waals surface area contributed by atoms with Crippen LogP contribution in [-0.2, 0) is 22.4 Å². The maximum absolute atomic E-state index is 11.2. The van der Waals surface area contributed by atoms with Crippen molar-refractivity contribution in [3.63, 3.8) is 0 Å². The fraction of sp³-hybridized carbons (Fsp3) is 0.692. The monoisotopic (exact) mass is 414 g/mol. The number of hydrogen-bond donors (Lipinski definition) is 2. The van der Waals surface area contributed by atoms with Gasteiger partial charge in [0.05, 0.1) is 10.8 Å². The largest absolute Gasteiger partial charge is 0.481 e. The van der Waals surface area contributed by atoms with Crippen LogP contribution < -0.4 is 0 Å². The Labute approximate surface area is 181 Å². The van der Waals surface area contributed by atoms with Crippen LogP contribution in [0.1, 0.15) is 101 Å². The Balaban J connectivity index is 1.27. The van der Waals surface area contributed by atoms with Crippen LogP contribution in [0.25, 0.3) is 0 Å². The first-order valence-corrected chi connectivity index (χ1v) is 12.0. The van der Waals surface area contributed by atoms with E-state index in [1.165, 1.54) is 36.8 Å². The summed E-state index contributed by atoms with van der Waals surface area (Å²) in [6.45, 7) is 0. The minimum absolute atomic E-state index is 0.362. The minimum atomic E-state index is -0.592. The fourth-order valence-electron chi connectivity index (χ4n) is 4.75. The molecular weight excluding hydrogens is 376 g/mol. The Morgan fingerprint density at radius 2 is 1.00 bits per heavy atom. The molecule has 2 fully saturated rings. The molecule has 0 atom stereocenters. The van der Waals surface area contributed by atoms with E-state index in [1.807, 2.05) is 0 Å². The standard InChI is InChI=1S/C26H38O4/c27-23(28)25(17-18-25)15-9-3-1-5-11-21-13-7-8-14-22(21)12-6-2-4-10-16-26(19-20-26)24(29)30/h7-8,13-14H,1-6,9-12,15-20H2,(H,27,28)(H,29,30). The lowest BCUT2D eigenvalue weighted by atomic mass is 9.94. The molecule has 2 aliphatic rings. The van der Waals surface area contributed by atoms with E-state index in [2.05, 4.69) is 24.3 Å². The van der Waals surface area contributed by atoms with Gasteiger partial charge in [-0.25, -0.2) is 0 Å². The highest BCUT2D eigenvalue weighted by Crippen LogP contribution is 2.50. The highest BCUT2D eigenvalue weighted by atomic mass is 16.4. The summed E-state index contributed by atoms with van der Waals surface area (Å²) in [6.07, 6.45) is 16.5. The van der Waals surface area contributed by atoms with Crippen LogP contribution in [0.15, 0.2) is 24.3 Å². The molecule has 0 unspecified atom stereocenters. The van der Waals surface area contributed by atoms with Crippen molar-refractivity contribution in [2.45, 2.75) is 103 Å². The molecule has 3 rings (SSSR count). The summed E-state index contributed by atoms with van der Waals surface area (Å²) in [5.74, 6) is -1.18. The minimum Gasteiger partial charge on any atom is -0.481 e. The number of unbranched alkanes of at least 4 members (excludes halogenated alkanes) is 6. The molecular formula is C26H38O4. The van der Waals surface area contributed by atoms with E-state index in [0.717, 1.165) is 77.0 Å². The second-order valence-electron chi connectivity index (χ2n) is 9.77. The van der Waals surface area contributed by atoms with Gasteiger partial charge < -0.3 is 10.2 Å². The summed E-state index contributed by atoms with van der Waals surface area (Å²) in [7, 11) is 0. The second-order valence-corrected chi connectivity index (χ2v) is 9.77. The SMILES string of the molecule is O=C(O)C1(CCCCCCc2ccccc2CCCCCCC2(C(=O)O)CC2)CC1. The Morgan fingerprint density at radius 1 is 0.633 bits per heavy atom. The van der Waals surface area contributed by atoms with Crippen LogP contribution in [0.2, 0.25) is 0 Å². The average Bonchev–Trinajstić information content (AvgIpc) is 3.64. The number of carbonyl (C=O) groups is 2. The third-order valence-electron chi connectivity index (χ3n) is 7.44. The van der Waals surface area contributed by atoms with Crippen molar-refractivity contribution in [1.29, 1.82) is 0 Å². The lowest BCUT2D eigenvalue weighted by Crippen LogP contribution is -2.14. The molecule has 30 heavy (non-hydrogen) atoms. The van der Waals surface area contributed by atoms with E-state index in [0.29, 0.717) is 0 Å². The van der Waals surface area contributed by atoms with E-state index < -0.39 is 11.9 Å². The third-order valence-corrected chi connectivity index (χ3v) is 7.44. The molecule has 0 spiro atoms. The first-order chi connectivity index (χ1) is 14.5. The molecule has 0 aromatic heterocycles. The van der Waals surface area contributed by atoms with Gasteiger partial charge in [0.15, 0.2) is 0 Å². The maximum Gasteiger partial charge on any atom is 0.309 e. The lowest BCUT2D eigenvalue weighted by molar-refractivity contribution is -0.144. The molecule has 0 heterocycles. The highest BCUT2D eigenvalue weighted by Gasteiger charge is 2.49. The molecule has 2 N–H and O–H groups in total.